The third-order valence-corrected chi connectivity index (χ3v) is 6.00. The summed E-state index contributed by atoms with van der Waals surface area (Å²) in [5.41, 5.74) is 3.19. The second-order valence-corrected chi connectivity index (χ2v) is 7.77. The van der Waals surface area contributed by atoms with Crippen molar-refractivity contribution in [2.45, 2.75) is 12.5 Å². The number of hydrogen-bond donors (Lipinski definition) is 1. The minimum absolute atomic E-state index is 0.0438. The molecular formula is C21H19ClN2OS. The van der Waals surface area contributed by atoms with Gasteiger partial charge in [-0.3, -0.25) is 9.69 Å². The Bertz CT molecular complexity index is 909. The highest BCUT2D eigenvalue weighted by Gasteiger charge is 2.30. The van der Waals surface area contributed by atoms with E-state index in [0.29, 0.717) is 17.3 Å². The third-order valence-electron chi connectivity index (χ3n) is 4.68. The minimum atomic E-state index is -0.0438. The maximum absolute atomic E-state index is 12.7. The van der Waals surface area contributed by atoms with Crippen molar-refractivity contribution in [2.75, 3.05) is 18.4 Å². The molecule has 1 amide bonds. The predicted molar refractivity (Wildman–Crippen MR) is 108 cm³/mol. The molecule has 1 N–H and O–H groups in total. The maximum atomic E-state index is 12.7. The molecule has 0 unspecified atom stereocenters. The Hall–Kier alpha value is -2.14. The quantitative estimate of drug-likeness (QED) is 0.689. The van der Waals surface area contributed by atoms with Crippen molar-refractivity contribution in [1.29, 1.82) is 0 Å². The Kier molecular flexibility index (Phi) is 5.07. The van der Waals surface area contributed by atoms with Crippen molar-refractivity contribution < 1.29 is 4.79 Å². The molecule has 2 aromatic carbocycles. The molecule has 1 aromatic heterocycles. The molecule has 0 spiro atoms. The zero-order chi connectivity index (χ0) is 17.9. The molecule has 0 aliphatic carbocycles. The van der Waals surface area contributed by atoms with Crippen LogP contribution in [0, 0.1) is 0 Å². The lowest BCUT2D eigenvalue weighted by atomic mass is 9.93. The number of nitrogens with zero attached hydrogens (tertiary/aromatic N) is 1. The van der Waals surface area contributed by atoms with E-state index in [-0.39, 0.29) is 11.9 Å². The Morgan fingerprint density at radius 3 is 2.69 bits per heavy atom. The van der Waals surface area contributed by atoms with Gasteiger partial charge in [-0.05, 0) is 41.1 Å². The fourth-order valence-corrected chi connectivity index (χ4v) is 4.59. The summed E-state index contributed by atoms with van der Waals surface area (Å²) in [6.07, 6.45) is 0.982. The number of amides is 1. The zero-order valence-corrected chi connectivity index (χ0v) is 15.8. The van der Waals surface area contributed by atoms with Crippen molar-refractivity contribution in [1.82, 2.24) is 4.90 Å². The lowest BCUT2D eigenvalue weighted by Crippen LogP contribution is -2.40. The molecule has 0 saturated carbocycles. The van der Waals surface area contributed by atoms with Crippen LogP contribution in [0.15, 0.2) is 66.0 Å². The van der Waals surface area contributed by atoms with Gasteiger partial charge in [0.05, 0.1) is 23.3 Å². The number of thiophene rings is 1. The van der Waals surface area contributed by atoms with E-state index in [4.69, 9.17) is 11.6 Å². The highest BCUT2D eigenvalue weighted by Crippen LogP contribution is 2.37. The van der Waals surface area contributed by atoms with E-state index in [0.717, 1.165) is 13.0 Å². The second kappa shape index (κ2) is 7.62. The van der Waals surface area contributed by atoms with Crippen LogP contribution in [0.3, 0.4) is 0 Å². The number of benzene rings is 2. The van der Waals surface area contributed by atoms with E-state index in [1.165, 1.54) is 16.0 Å². The molecule has 0 fully saturated rings. The van der Waals surface area contributed by atoms with Crippen molar-refractivity contribution in [3.05, 3.63) is 87.1 Å². The van der Waals surface area contributed by atoms with Gasteiger partial charge in [-0.2, -0.15) is 0 Å². The average molecular weight is 383 g/mol. The van der Waals surface area contributed by atoms with Gasteiger partial charge in [0.15, 0.2) is 0 Å². The minimum Gasteiger partial charge on any atom is -0.324 e. The van der Waals surface area contributed by atoms with Gasteiger partial charge < -0.3 is 5.32 Å². The number of para-hydroxylation sites is 1. The Morgan fingerprint density at radius 1 is 1.12 bits per heavy atom. The van der Waals surface area contributed by atoms with Crippen LogP contribution in [-0.2, 0) is 11.2 Å². The summed E-state index contributed by atoms with van der Waals surface area (Å²) in [7, 11) is 0. The van der Waals surface area contributed by atoms with E-state index in [2.05, 4.69) is 45.9 Å². The molecule has 1 aliphatic rings. The van der Waals surface area contributed by atoms with Gasteiger partial charge in [-0.25, -0.2) is 0 Å². The Morgan fingerprint density at radius 2 is 1.88 bits per heavy atom. The third kappa shape index (κ3) is 3.54. The summed E-state index contributed by atoms with van der Waals surface area (Å²) in [5, 5.41) is 5.64. The number of rotatable bonds is 4. The van der Waals surface area contributed by atoms with Crippen molar-refractivity contribution >= 4 is 34.5 Å². The normalized spacial score (nSPS) is 16.9. The van der Waals surface area contributed by atoms with Gasteiger partial charge in [-0.1, -0.05) is 54.1 Å². The summed E-state index contributed by atoms with van der Waals surface area (Å²) in [6, 6.07) is 20.0. The number of carbonyl (C=O) groups is 1. The van der Waals surface area contributed by atoms with Crippen LogP contribution in [-0.4, -0.2) is 23.9 Å². The molecule has 2 heterocycles. The van der Waals surface area contributed by atoms with Crippen molar-refractivity contribution in [3.63, 3.8) is 0 Å². The number of hydrogen-bond acceptors (Lipinski definition) is 3. The first-order valence-corrected chi connectivity index (χ1v) is 9.88. The average Bonchev–Trinajstić information content (AvgIpc) is 3.13. The molecule has 26 heavy (non-hydrogen) atoms. The van der Waals surface area contributed by atoms with E-state index < -0.39 is 0 Å². The van der Waals surface area contributed by atoms with Gasteiger partial charge in [-0.15, -0.1) is 11.3 Å². The largest absolute Gasteiger partial charge is 0.324 e. The van der Waals surface area contributed by atoms with E-state index in [1.54, 1.807) is 17.4 Å². The fourth-order valence-electron chi connectivity index (χ4n) is 3.50. The molecule has 5 heteroatoms. The van der Waals surface area contributed by atoms with Gasteiger partial charge in [0.2, 0.25) is 5.91 Å². The van der Waals surface area contributed by atoms with Crippen LogP contribution in [0.2, 0.25) is 5.02 Å². The molecule has 3 nitrogen and oxygen atoms in total. The van der Waals surface area contributed by atoms with Gasteiger partial charge >= 0.3 is 0 Å². The van der Waals surface area contributed by atoms with Crippen LogP contribution in [0.1, 0.15) is 22.0 Å². The molecule has 4 rings (SSSR count). The SMILES string of the molecule is O=C(CN1CCc2sccc2[C@H]1c1ccccc1)Nc1ccccc1Cl. The van der Waals surface area contributed by atoms with Gasteiger partial charge in [0, 0.05) is 11.4 Å². The van der Waals surface area contributed by atoms with Crippen molar-refractivity contribution in [3.8, 4) is 0 Å². The summed E-state index contributed by atoms with van der Waals surface area (Å²) >= 11 is 7.97. The van der Waals surface area contributed by atoms with Crippen LogP contribution in [0.4, 0.5) is 5.69 Å². The molecule has 0 radical (unpaired) electrons. The molecule has 0 saturated heterocycles. The number of fused-ring (bicyclic) bond motifs is 1. The first-order chi connectivity index (χ1) is 12.7. The standard InChI is InChI=1S/C21H19ClN2OS/c22-17-8-4-5-9-18(17)23-20(25)14-24-12-10-19-16(11-13-26-19)21(24)15-6-2-1-3-7-15/h1-9,11,13,21H,10,12,14H2,(H,23,25)/t21-/m1/s1. The molecule has 1 atom stereocenters. The number of nitrogens with one attached hydrogen (secondary N) is 1. The lowest BCUT2D eigenvalue weighted by Gasteiger charge is -2.35. The smallest absolute Gasteiger partial charge is 0.238 e. The van der Waals surface area contributed by atoms with Crippen LogP contribution >= 0.6 is 22.9 Å². The monoisotopic (exact) mass is 382 g/mol. The van der Waals surface area contributed by atoms with Gasteiger partial charge in [0.25, 0.3) is 0 Å². The summed E-state index contributed by atoms with van der Waals surface area (Å²) in [4.78, 5) is 16.3. The molecular weight excluding hydrogens is 364 g/mol. The summed E-state index contributed by atoms with van der Waals surface area (Å²) in [6.45, 7) is 1.20. The summed E-state index contributed by atoms with van der Waals surface area (Å²) < 4.78 is 0. The zero-order valence-electron chi connectivity index (χ0n) is 14.2. The van der Waals surface area contributed by atoms with Crippen molar-refractivity contribution in [2.24, 2.45) is 0 Å². The number of halogens is 1. The number of anilines is 1. The second-order valence-electron chi connectivity index (χ2n) is 6.36. The number of carbonyl (C=O) groups excluding carboxylic acids is 1. The van der Waals surface area contributed by atoms with E-state index in [1.807, 2.05) is 24.3 Å². The predicted octanol–water partition coefficient (Wildman–Crippen LogP) is 4.99. The highest BCUT2D eigenvalue weighted by atomic mass is 35.5. The van der Waals surface area contributed by atoms with Crippen LogP contribution in [0.25, 0.3) is 0 Å². The van der Waals surface area contributed by atoms with E-state index in [9.17, 15) is 4.79 Å². The van der Waals surface area contributed by atoms with Gasteiger partial charge in [0.1, 0.15) is 0 Å². The first-order valence-electron chi connectivity index (χ1n) is 8.62. The summed E-state index contributed by atoms with van der Waals surface area (Å²) in [5.74, 6) is -0.0438. The maximum Gasteiger partial charge on any atom is 0.238 e. The Balaban J connectivity index is 1.57. The van der Waals surface area contributed by atoms with Crippen LogP contribution < -0.4 is 5.32 Å². The Labute approximate surface area is 162 Å². The molecule has 3 aromatic rings. The topological polar surface area (TPSA) is 32.3 Å². The van der Waals surface area contributed by atoms with Crippen LogP contribution in [0.5, 0.6) is 0 Å². The van der Waals surface area contributed by atoms with E-state index >= 15 is 0 Å². The molecule has 0 bridgehead atoms. The molecule has 1 aliphatic heterocycles. The molecule has 132 valence electrons. The lowest BCUT2D eigenvalue weighted by molar-refractivity contribution is -0.117. The fraction of sp³-hybridized carbons (Fsp3) is 0.190. The first kappa shape index (κ1) is 17.3. The highest BCUT2D eigenvalue weighted by molar-refractivity contribution is 7.10.